The number of hydrogen-bond acceptors (Lipinski definition) is 3. The first-order valence-electron chi connectivity index (χ1n) is 8.13. The molecular formula is C18H25NaO3. The van der Waals surface area contributed by atoms with E-state index >= 15 is 0 Å². The topological polar surface area (TPSA) is 60.4 Å². The summed E-state index contributed by atoms with van der Waals surface area (Å²) in [5.74, 6) is -1.41. The third-order valence-corrected chi connectivity index (χ3v) is 4.50. The molecule has 4 heteroatoms. The minimum absolute atomic E-state index is 0. The summed E-state index contributed by atoms with van der Waals surface area (Å²) in [6, 6.07) is 5.83. The van der Waals surface area contributed by atoms with Crippen molar-refractivity contribution in [2.75, 3.05) is 0 Å². The molecular weight excluding hydrogens is 287 g/mol. The van der Waals surface area contributed by atoms with Gasteiger partial charge in [-0.1, -0.05) is 57.2 Å². The Morgan fingerprint density at radius 1 is 1.27 bits per heavy atom. The van der Waals surface area contributed by atoms with Crippen molar-refractivity contribution in [2.45, 2.75) is 64.4 Å². The molecule has 3 nitrogen and oxygen atoms in total. The van der Waals surface area contributed by atoms with Gasteiger partial charge in [-0.15, -0.1) is 0 Å². The summed E-state index contributed by atoms with van der Waals surface area (Å²) in [5.41, 5.74) is 3.02. The van der Waals surface area contributed by atoms with E-state index in [1.807, 2.05) is 18.2 Å². The monoisotopic (exact) mass is 312 g/mol. The number of carbonyl (C=O) groups is 1. The maximum absolute atomic E-state index is 11.1. The van der Waals surface area contributed by atoms with Gasteiger partial charge in [0.05, 0.1) is 6.10 Å². The summed E-state index contributed by atoms with van der Waals surface area (Å²) < 4.78 is 0. The molecule has 2 unspecified atom stereocenters. The fourth-order valence-corrected chi connectivity index (χ4v) is 3.25. The number of aliphatic hydroxyl groups excluding tert-OH is 1. The van der Waals surface area contributed by atoms with E-state index < -0.39 is 18.0 Å². The van der Waals surface area contributed by atoms with Gasteiger partial charge in [-0.3, -0.25) is 0 Å². The number of aliphatic hydroxyl groups is 1. The van der Waals surface area contributed by atoms with E-state index in [4.69, 9.17) is 0 Å². The Morgan fingerprint density at radius 3 is 2.68 bits per heavy atom. The van der Waals surface area contributed by atoms with Crippen LogP contribution in [-0.2, 0) is 17.6 Å². The van der Waals surface area contributed by atoms with E-state index in [9.17, 15) is 15.0 Å². The summed E-state index contributed by atoms with van der Waals surface area (Å²) >= 11 is 0. The van der Waals surface area contributed by atoms with Crippen molar-refractivity contribution in [2.24, 2.45) is 5.92 Å². The molecule has 0 spiro atoms. The summed E-state index contributed by atoms with van der Waals surface area (Å²) in [4.78, 5) is 11.1. The Kier molecular flexibility index (Phi) is 8.70. The molecule has 2 rings (SSSR count). The van der Waals surface area contributed by atoms with Gasteiger partial charge in [0.15, 0.2) is 0 Å². The second-order valence-electron chi connectivity index (χ2n) is 6.13. The predicted molar refractivity (Wildman–Crippen MR) is 80.7 cm³/mol. The van der Waals surface area contributed by atoms with E-state index in [-0.39, 0.29) is 29.6 Å². The number of aliphatic carboxylic acids is 1. The van der Waals surface area contributed by atoms with Crippen LogP contribution >= 0.6 is 0 Å². The molecule has 0 amide bonds. The van der Waals surface area contributed by atoms with Crippen LogP contribution < -0.4 is 34.7 Å². The zero-order chi connectivity index (χ0) is 15.2. The van der Waals surface area contributed by atoms with Crippen LogP contribution in [0, 0.1) is 5.92 Å². The van der Waals surface area contributed by atoms with E-state index in [1.165, 1.54) is 19.3 Å². The van der Waals surface area contributed by atoms with E-state index in [2.05, 4.69) is 6.92 Å². The molecule has 1 aromatic carbocycles. The number of hydrogen-bond donors (Lipinski definition) is 1. The molecule has 1 aliphatic carbocycles. The fourth-order valence-electron chi connectivity index (χ4n) is 3.25. The average Bonchev–Trinajstić information content (AvgIpc) is 2.91. The second-order valence-corrected chi connectivity index (χ2v) is 6.13. The van der Waals surface area contributed by atoms with Crippen molar-refractivity contribution < 1.29 is 44.6 Å². The molecule has 1 N–H and O–H groups in total. The van der Waals surface area contributed by atoms with Gasteiger partial charge >= 0.3 is 29.6 Å². The van der Waals surface area contributed by atoms with Crippen molar-refractivity contribution >= 4 is 5.97 Å². The molecule has 0 heterocycles. The van der Waals surface area contributed by atoms with Crippen LogP contribution in [0.25, 0.3) is 0 Å². The first kappa shape index (κ1) is 19.7. The van der Waals surface area contributed by atoms with Crippen LogP contribution in [-0.4, -0.2) is 11.1 Å². The zero-order valence-electron chi connectivity index (χ0n) is 13.8. The van der Waals surface area contributed by atoms with Crippen LogP contribution in [0.15, 0.2) is 18.2 Å². The molecule has 22 heavy (non-hydrogen) atoms. The Bertz CT molecular complexity index is 487. The van der Waals surface area contributed by atoms with Gasteiger partial charge in [-0.2, -0.15) is 0 Å². The first-order valence-corrected chi connectivity index (χ1v) is 8.13. The van der Waals surface area contributed by atoms with Crippen molar-refractivity contribution in [1.82, 2.24) is 0 Å². The number of benzene rings is 1. The van der Waals surface area contributed by atoms with E-state index in [0.29, 0.717) is 12.8 Å². The molecule has 0 aliphatic heterocycles. The molecule has 1 aromatic rings. The van der Waals surface area contributed by atoms with Crippen molar-refractivity contribution in [3.63, 3.8) is 0 Å². The van der Waals surface area contributed by atoms with Crippen LogP contribution in [0.5, 0.6) is 0 Å². The van der Waals surface area contributed by atoms with Gasteiger partial charge in [0.1, 0.15) is 0 Å². The van der Waals surface area contributed by atoms with Gasteiger partial charge in [0.2, 0.25) is 0 Å². The molecule has 116 valence electrons. The van der Waals surface area contributed by atoms with Crippen molar-refractivity contribution in [1.29, 1.82) is 0 Å². The number of fused-ring (bicyclic) bond motifs is 1. The Labute approximate surface area is 155 Å². The van der Waals surface area contributed by atoms with E-state index in [0.717, 1.165) is 36.0 Å². The summed E-state index contributed by atoms with van der Waals surface area (Å²) in [7, 11) is 0. The van der Waals surface area contributed by atoms with Crippen LogP contribution in [0.2, 0.25) is 0 Å². The average molecular weight is 312 g/mol. The van der Waals surface area contributed by atoms with E-state index in [1.54, 1.807) is 0 Å². The molecule has 0 saturated heterocycles. The smallest absolute Gasteiger partial charge is 0.550 e. The van der Waals surface area contributed by atoms with Crippen LogP contribution in [0.3, 0.4) is 0 Å². The molecule has 0 fully saturated rings. The molecule has 0 radical (unpaired) electrons. The van der Waals surface area contributed by atoms with Gasteiger partial charge in [0, 0.05) is 11.9 Å². The number of carboxylic acids is 1. The van der Waals surface area contributed by atoms with Gasteiger partial charge in [0.25, 0.3) is 0 Å². The molecule has 0 bridgehead atoms. The normalized spacial score (nSPS) is 17.6. The fraction of sp³-hybridized carbons (Fsp3) is 0.611. The SMILES string of the molecule is CCCCCCCC(O)c1cccc2c1CC(C(=O)[O-])C2.[Na+]. The van der Waals surface area contributed by atoms with Crippen LogP contribution in [0.4, 0.5) is 0 Å². The zero-order valence-corrected chi connectivity index (χ0v) is 15.8. The van der Waals surface area contributed by atoms with Crippen LogP contribution in [0.1, 0.15) is 68.2 Å². The minimum atomic E-state index is -0.980. The number of rotatable bonds is 8. The summed E-state index contributed by atoms with van der Waals surface area (Å²) in [6.45, 7) is 2.19. The predicted octanol–water partition coefficient (Wildman–Crippen LogP) is -0.451. The van der Waals surface area contributed by atoms with Crippen molar-refractivity contribution in [3.05, 3.63) is 34.9 Å². The maximum Gasteiger partial charge on any atom is 1.00 e. The first-order chi connectivity index (χ1) is 10.1. The summed E-state index contributed by atoms with van der Waals surface area (Å²) in [6.07, 6.45) is 7.20. The van der Waals surface area contributed by atoms with Gasteiger partial charge in [-0.05, 0) is 36.0 Å². The largest absolute Gasteiger partial charge is 1.00 e. The number of carbonyl (C=O) groups excluding carboxylic acids is 1. The number of carboxylic acid groups (broad SMARTS) is 1. The second kappa shape index (κ2) is 9.71. The Hall–Kier alpha value is -0.350. The minimum Gasteiger partial charge on any atom is -0.550 e. The quantitative estimate of drug-likeness (QED) is 0.522. The summed E-state index contributed by atoms with van der Waals surface area (Å²) in [5, 5.41) is 21.5. The third kappa shape index (κ3) is 5.09. The number of unbranched alkanes of at least 4 members (excludes halogenated alkanes) is 4. The molecule has 1 aliphatic rings. The maximum atomic E-state index is 11.1. The van der Waals surface area contributed by atoms with Gasteiger partial charge < -0.3 is 15.0 Å². The molecule has 2 atom stereocenters. The standard InChI is InChI=1S/C18H26O3.Na/c1-2-3-4-5-6-10-17(19)15-9-7-8-13-11-14(18(20)21)12-16(13)15;/h7-9,14,17,19H,2-6,10-12H2,1H3,(H,20,21);/q;+1/p-1. The van der Waals surface area contributed by atoms with Crippen molar-refractivity contribution in [3.8, 4) is 0 Å². The third-order valence-electron chi connectivity index (χ3n) is 4.50. The molecule has 0 saturated carbocycles. The Balaban J connectivity index is 0.00000242. The molecule has 0 aromatic heterocycles. The van der Waals surface area contributed by atoms with Gasteiger partial charge in [-0.25, -0.2) is 0 Å². The Morgan fingerprint density at radius 2 is 2.00 bits per heavy atom.